The Hall–Kier alpha value is -1.73. The zero-order valence-electron chi connectivity index (χ0n) is 21.3. The number of rotatable bonds is 9. The van der Waals surface area contributed by atoms with Crippen LogP contribution in [-0.4, -0.2) is 64.8 Å². The van der Waals surface area contributed by atoms with Gasteiger partial charge in [-0.15, -0.1) is 11.8 Å². The van der Waals surface area contributed by atoms with Crippen LogP contribution in [0.5, 0.6) is 0 Å². The Balaban J connectivity index is 1.85. The fourth-order valence-corrected chi connectivity index (χ4v) is 4.64. The van der Waals surface area contributed by atoms with Crippen molar-refractivity contribution >= 4 is 43.1 Å². The second-order valence-corrected chi connectivity index (χ2v) is 16.1. The number of carbonyl (C=O) groups excluding carboxylic acids is 1. The molecule has 0 aromatic carbocycles. The Bertz CT molecular complexity index is 1060. The summed E-state index contributed by atoms with van der Waals surface area (Å²) in [6, 6.07) is 0. The summed E-state index contributed by atoms with van der Waals surface area (Å²) in [5, 5.41) is 2.73. The Kier molecular flexibility index (Phi) is 8.28. The van der Waals surface area contributed by atoms with Crippen LogP contribution in [0.3, 0.4) is 0 Å². The van der Waals surface area contributed by atoms with E-state index in [1.54, 1.807) is 36.5 Å². The van der Waals surface area contributed by atoms with Gasteiger partial charge in [0, 0.05) is 12.3 Å². The molecule has 1 aliphatic rings. The van der Waals surface area contributed by atoms with Gasteiger partial charge in [0.05, 0.1) is 25.0 Å². The fourth-order valence-electron chi connectivity index (χ4n) is 3.32. The number of thioether (sulfide) groups is 1. The lowest BCUT2D eigenvalue weighted by Crippen LogP contribution is -2.44. The largest absolute Gasteiger partial charge is 0.414 e. The summed E-state index contributed by atoms with van der Waals surface area (Å²) in [5.41, 5.74) is 0.116. The number of aromatic amines is 1. The molecule has 12 heteroatoms. The molecule has 1 aliphatic heterocycles. The van der Waals surface area contributed by atoms with E-state index in [0.717, 1.165) is 0 Å². The van der Waals surface area contributed by atoms with E-state index < -0.39 is 20.1 Å². The highest BCUT2D eigenvalue weighted by molar-refractivity contribution is 7.98. The summed E-state index contributed by atoms with van der Waals surface area (Å²) >= 11 is 1.60. The molecular formula is C22H37N5O5SSi. The van der Waals surface area contributed by atoms with Crippen molar-refractivity contribution < 1.29 is 18.7 Å². The van der Waals surface area contributed by atoms with Gasteiger partial charge < -0.3 is 13.9 Å². The van der Waals surface area contributed by atoms with Crippen molar-refractivity contribution in [2.45, 2.75) is 77.6 Å². The molecule has 10 nitrogen and oxygen atoms in total. The fraction of sp³-hybridized carbons (Fsp3) is 0.727. The zero-order valence-corrected chi connectivity index (χ0v) is 23.1. The van der Waals surface area contributed by atoms with Crippen molar-refractivity contribution in [1.29, 1.82) is 0 Å². The molecule has 0 aliphatic carbocycles. The lowest BCUT2D eigenvalue weighted by Gasteiger charge is -2.37. The summed E-state index contributed by atoms with van der Waals surface area (Å²) < 4.78 is 20.6. The third-order valence-corrected chi connectivity index (χ3v) is 11.4. The molecule has 0 bridgehead atoms. The van der Waals surface area contributed by atoms with Crippen LogP contribution in [0.4, 0.5) is 5.95 Å². The molecule has 2 aromatic rings. The van der Waals surface area contributed by atoms with E-state index in [-0.39, 0.29) is 40.5 Å². The number of hydrogen-bond acceptors (Lipinski definition) is 8. The van der Waals surface area contributed by atoms with Crippen molar-refractivity contribution in [2.24, 2.45) is 5.92 Å². The summed E-state index contributed by atoms with van der Waals surface area (Å²) in [5.74, 6) is 0.147. The number of imidazole rings is 1. The molecule has 34 heavy (non-hydrogen) atoms. The highest BCUT2D eigenvalue weighted by Gasteiger charge is 2.42. The van der Waals surface area contributed by atoms with Crippen molar-refractivity contribution in [2.75, 3.05) is 24.1 Å². The number of aromatic nitrogens is 4. The molecule has 190 valence electrons. The summed E-state index contributed by atoms with van der Waals surface area (Å²) in [6.07, 6.45) is 3.26. The average Bonchev–Trinajstić information content (AvgIpc) is 3.33. The maximum absolute atomic E-state index is 12.5. The molecule has 1 unspecified atom stereocenters. The molecule has 2 aromatic heterocycles. The van der Waals surface area contributed by atoms with Gasteiger partial charge in [0.25, 0.3) is 5.56 Å². The Morgan fingerprint density at radius 3 is 2.74 bits per heavy atom. The number of fused-ring (bicyclic) bond motifs is 1. The van der Waals surface area contributed by atoms with Gasteiger partial charge in [-0.3, -0.25) is 24.5 Å². The number of ether oxygens (including phenoxy) is 2. The van der Waals surface area contributed by atoms with E-state index in [0.29, 0.717) is 24.6 Å². The highest BCUT2D eigenvalue weighted by atomic mass is 32.2. The number of anilines is 1. The molecule has 2 N–H and O–H groups in total. The van der Waals surface area contributed by atoms with Crippen LogP contribution >= 0.6 is 11.8 Å². The summed E-state index contributed by atoms with van der Waals surface area (Å²) in [4.78, 5) is 35.9. The maximum Gasteiger partial charge on any atom is 0.280 e. The van der Waals surface area contributed by atoms with Gasteiger partial charge in [0.15, 0.2) is 19.5 Å². The lowest BCUT2D eigenvalue weighted by atomic mass is 10.2. The van der Waals surface area contributed by atoms with E-state index in [1.807, 2.05) is 6.26 Å². The first-order valence-electron chi connectivity index (χ1n) is 11.5. The topological polar surface area (TPSA) is 120 Å². The minimum absolute atomic E-state index is 0.0863. The van der Waals surface area contributed by atoms with Crippen molar-refractivity contribution in [3.05, 3.63) is 16.7 Å². The predicted molar refractivity (Wildman–Crippen MR) is 137 cm³/mol. The van der Waals surface area contributed by atoms with Gasteiger partial charge in [0.1, 0.15) is 12.3 Å². The van der Waals surface area contributed by atoms with Crippen molar-refractivity contribution in [1.82, 2.24) is 19.5 Å². The minimum Gasteiger partial charge on any atom is -0.414 e. The van der Waals surface area contributed by atoms with E-state index in [1.165, 1.54) is 0 Å². The molecule has 3 atom stereocenters. The SMILES string of the molecule is CSCOC1C[C@H](n2cnc3c(=O)[nH]c(NC(=O)C(C)C)nc32)O[C@@H]1CO[Si](C)(C)C(C)(C)C. The molecule has 3 rings (SSSR count). The van der Waals surface area contributed by atoms with Crippen molar-refractivity contribution in [3.8, 4) is 0 Å². The monoisotopic (exact) mass is 511 g/mol. The quantitative estimate of drug-likeness (QED) is 0.386. The lowest BCUT2D eigenvalue weighted by molar-refractivity contribution is -0.118. The van der Waals surface area contributed by atoms with Crippen LogP contribution < -0.4 is 10.9 Å². The van der Waals surface area contributed by atoms with Crippen LogP contribution in [-0.2, 0) is 18.7 Å². The standard InChI is InChI=1S/C22H37N5O5SSi/c1-13(2)19(28)25-21-24-18-17(20(29)26-21)23-11-27(18)16-9-14(30-12-33-6)15(32-16)10-31-34(7,8)22(3,4)5/h11,13-16H,9-10,12H2,1-8H3,(H2,24,25,26,28,29)/t14?,15-,16-/m1/s1. The van der Waals surface area contributed by atoms with Crippen LogP contribution in [0.2, 0.25) is 18.1 Å². The molecule has 0 radical (unpaired) electrons. The molecule has 3 heterocycles. The van der Waals surface area contributed by atoms with Crippen LogP contribution in [0, 0.1) is 5.92 Å². The van der Waals surface area contributed by atoms with Crippen LogP contribution in [0.15, 0.2) is 11.1 Å². The van der Waals surface area contributed by atoms with Gasteiger partial charge in [-0.05, 0) is 24.4 Å². The summed E-state index contributed by atoms with van der Waals surface area (Å²) in [6.45, 7) is 15.0. The number of hydrogen-bond donors (Lipinski definition) is 2. The summed E-state index contributed by atoms with van der Waals surface area (Å²) in [7, 11) is -1.96. The molecular weight excluding hydrogens is 474 g/mol. The Morgan fingerprint density at radius 1 is 1.41 bits per heavy atom. The minimum atomic E-state index is -1.96. The Morgan fingerprint density at radius 2 is 2.12 bits per heavy atom. The highest BCUT2D eigenvalue weighted by Crippen LogP contribution is 2.38. The maximum atomic E-state index is 12.5. The van der Waals surface area contributed by atoms with E-state index in [4.69, 9.17) is 13.9 Å². The second kappa shape index (κ2) is 10.5. The van der Waals surface area contributed by atoms with Crippen molar-refractivity contribution in [3.63, 3.8) is 0 Å². The van der Waals surface area contributed by atoms with Gasteiger partial charge in [-0.1, -0.05) is 34.6 Å². The molecule has 0 saturated carbocycles. The first-order chi connectivity index (χ1) is 15.8. The van der Waals surface area contributed by atoms with Crippen LogP contribution in [0.1, 0.15) is 47.3 Å². The Labute approximate surface area is 205 Å². The number of carbonyl (C=O) groups is 1. The van der Waals surface area contributed by atoms with E-state index in [2.05, 4.69) is 54.1 Å². The van der Waals surface area contributed by atoms with Gasteiger partial charge in [-0.25, -0.2) is 4.98 Å². The molecule has 1 saturated heterocycles. The third kappa shape index (κ3) is 5.90. The average molecular weight is 512 g/mol. The first-order valence-corrected chi connectivity index (χ1v) is 15.8. The zero-order chi connectivity index (χ0) is 25.3. The smallest absolute Gasteiger partial charge is 0.280 e. The van der Waals surface area contributed by atoms with E-state index >= 15 is 0 Å². The van der Waals surface area contributed by atoms with Gasteiger partial charge >= 0.3 is 0 Å². The molecule has 0 spiro atoms. The van der Waals surface area contributed by atoms with E-state index in [9.17, 15) is 9.59 Å². The normalized spacial score (nSPS) is 21.5. The number of amides is 1. The molecule has 1 amide bonds. The van der Waals surface area contributed by atoms with Gasteiger partial charge in [-0.2, -0.15) is 4.98 Å². The van der Waals surface area contributed by atoms with Gasteiger partial charge in [0.2, 0.25) is 11.9 Å². The molecule has 1 fully saturated rings. The number of H-pyrrole nitrogens is 1. The predicted octanol–water partition coefficient (Wildman–Crippen LogP) is 3.73. The third-order valence-electron chi connectivity index (χ3n) is 6.50. The number of nitrogens with zero attached hydrogens (tertiary/aromatic N) is 3. The first kappa shape index (κ1) is 26.9. The second-order valence-electron chi connectivity index (χ2n) is 10.4. The number of nitrogens with one attached hydrogen (secondary N) is 2. The van der Waals surface area contributed by atoms with Crippen LogP contribution in [0.25, 0.3) is 11.2 Å².